The third-order valence-corrected chi connectivity index (χ3v) is 14.6. The number of rotatable bonds is 24. The first-order valence-electron chi connectivity index (χ1n) is 25.4. The molecule has 0 saturated heterocycles. The average molecular weight is 1120 g/mol. The van der Waals surface area contributed by atoms with Crippen LogP contribution in [0.3, 0.4) is 0 Å². The Morgan fingerprint density at radius 3 is 1.97 bits per heavy atom. The maximum Gasteiger partial charge on any atom is 1.00 e. The van der Waals surface area contributed by atoms with Gasteiger partial charge in [-0.15, -0.1) is 0 Å². The molecule has 0 spiro atoms. The molecule has 420 valence electrons. The molecular formula is C56H71N8NaO13S. The number of ether oxygens (including phenoxy) is 3. The normalized spacial score (nSPS) is 13.7. The third-order valence-electron chi connectivity index (χ3n) is 13.0. The molecule has 5 rings (SSSR count). The van der Waals surface area contributed by atoms with Crippen LogP contribution in [0.25, 0.3) is 11.1 Å². The number of benzene rings is 4. The first-order valence-corrected chi connectivity index (χ1v) is 26.9. The predicted molar refractivity (Wildman–Crippen MR) is 289 cm³/mol. The zero-order valence-corrected chi connectivity index (χ0v) is 49.5. The summed E-state index contributed by atoms with van der Waals surface area (Å²) < 4.78 is 45.9. The van der Waals surface area contributed by atoms with E-state index in [1.54, 1.807) is 91.8 Å². The molecule has 0 saturated carbocycles. The Hall–Kier alpha value is -7.01. The number of sulfonamides is 1. The molecule has 0 aliphatic heterocycles. The van der Waals surface area contributed by atoms with Crippen LogP contribution in [-0.2, 0) is 54.7 Å². The zero-order valence-electron chi connectivity index (χ0n) is 46.7. The molecule has 0 fully saturated rings. The van der Waals surface area contributed by atoms with E-state index in [2.05, 4.69) is 31.0 Å². The number of hydrogen-bond donors (Lipinski definition) is 6. The summed E-state index contributed by atoms with van der Waals surface area (Å²) in [5.74, 6) is -6.83. The van der Waals surface area contributed by atoms with Crippen LogP contribution in [0.15, 0.2) is 94.8 Å². The van der Waals surface area contributed by atoms with Crippen molar-refractivity contribution in [1.29, 1.82) is 0 Å². The number of nitrogens with one attached hydrogen (secondary N) is 5. The van der Waals surface area contributed by atoms with Gasteiger partial charge in [0.15, 0.2) is 0 Å². The van der Waals surface area contributed by atoms with Crippen molar-refractivity contribution in [1.82, 2.24) is 30.9 Å². The van der Waals surface area contributed by atoms with Gasteiger partial charge in [-0.2, -0.15) is 0 Å². The number of guanidine groups is 1. The standard InChI is InChI=1S/C56H72N8O13S.Na/c1-32(2)48(53(70)71)64(9)52(69)44(28-36-19-12-11-13-20-36)61-51(68)43(29-47(66)77-56(6,7)8)60-46(65)30-59-50(67)42(62-55(72)76-31-41-39-23-16-14-21-37(39)38-22-15-17-24-40(38)41)25-18-26-58-54(57)63-78(73,74)49-33(3)27-45(75-10)34(4)35(49)5;/h11-17,19-24,27,32,41-44,48H,18,25-26,28-31H2,1-10H3,(H,59,67)(H,60,65)(H,61,68)(H,62,72)(H,70,71)(H3,57,58,63);/q;+1/p-1/t42-,43-,44+,48-;/m0./s1. The molecule has 0 radical (unpaired) electrons. The van der Waals surface area contributed by atoms with Crippen LogP contribution in [-0.4, -0.2) is 125 Å². The molecule has 1 aliphatic carbocycles. The largest absolute Gasteiger partial charge is 1.00 e. The Balaban J connectivity index is 0.0000134. The number of nitrogens with zero attached hydrogens (tertiary/aromatic N) is 2. The quantitative estimate of drug-likeness (QED) is 0.0180. The zero-order chi connectivity index (χ0) is 57.6. The molecule has 23 heteroatoms. The smallest absolute Gasteiger partial charge is 0.548 e. The van der Waals surface area contributed by atoms with Gasteiger partial charge in [-0.1, -0.05) is 92.7 Å². The van der Waals surface area contributed by atoms with Crippen molar-refractivity contribution in [3.8, 4) is 16.9 Å². The Morgan fingerprint density at radius 2 is 1.41 bits per heavy atom. The molecule has 4 atom stereocenters. The van der Waals surface area contributed by atoms with Gasteiger partial charge in [-0.25, -0.2) is 17.9 Å². The van der Waals surface area contributed by atoms with E-state index >= 15 is 0 Å². The topological polar surface area (TPSA) is 306 Å². The second-order valence-corrected chi connectivity index (χ2v) is 22.0. The van der Waals surface area contributed by atoms with E-state index in [1.807, 2.05) is 48.5 Å². The molecule has 4 aromatic rings. The van der Waals surface area contributed by atoms with E-state index in [9.17, 15) is 47.1 Å². The SMILES string of the molecule is COc1cc(C)c(S(=O)(=O)NC(N)=NCCC[C@H](NC(=O)OCC2c3ccccc3-c3ccccc32)C(=O)NCC(=O)N[C@@H](CC(=O)OC(C)(C)C)C(=O)N[C@H](Cc2ccccc2)C(=O)N(C)[C@H](C(=O)[O-])C(C)C)c(C)c1C.[Na+]. The third kappa shape index (κ3) is 17.7. The van der Waals surface area contributed by atoms with E-state index in [0.717, 1.165) is 27.2 Å². The van der Waals surface area contributed by atoms with Gasteiger partial charge in [0.05, 0.1) is 37.0 Å². The van der Waals surface area contributed by atoms with Crippen LogP contribution < -0.4 is 71.1 Å². The summed E-state index contributed by atoms with van der Waals surface area (Å²) in [6.07, 6.45) is -1.86. The minimum atomic E-state index is -4.21. The monoisotopic (exact) mass is 1120 g/mol. The number of fused-ring (bicyclic) bond motifs is 3. The predicted octanol–water partition coefficient (Wildman–Crippen LogP) is 0.198. The van der Waals surface area contributed by atoms with Crippen LogP contribution in [0.2, 0.25) is 0 Å². The van der Waals surface area contributed by atoms with Crippen molar-refractivity contribution in [3.05, 3.63) is 118 Å². The number of methoxy groups -OCH3 is 1. The average Bonchev–Trinajstić information content (AvgIpc) is 3.88. The summed E-state index contributed by atoms with van der Waals surface area (Å²) in [4.78, 5) is 99.9. The van der Waals surface area contributed by atoms with Gasteiger partial charge in [0.1, 0.15) is 36.1 Å². The minimum Gasteiger partial charge on any atom is -0.548 e. The van der Waals surface area contributed by atoms with Gasteiger partial charge < -0.3 is 56.0 Å². The molecule has 0 bridgehead atoms. The van der Waals surface area contributed by atoms with Crippen LogP contribution in [0, 0.1) is 26.7 Å². The molecule has 0 aromatic heterocycles. The van der Waals surface area contributed by atoms with Crippen molar-refractivity contribution in [2.24, 2.45) is 16.6 Å². The van der Waals surface area contributed by atoms with Gasteiger partial charge >= 0.3 is 41.6 Å². The number of alkyl carbamates (subject to hydrolysis) is 1. The van der Waals surface area contributed by atoms with Gasteiger partial charge in [0, 0.05) is 25.9 Å². The maximum atomic E-state index is 14.2. The number of esters is 1. The summed E-state index contributed by atoms with van der Waals surface area (Å²) in [7, 11) is -1.46. The summed E-state index contributed by atoms with van der Waals surface area (Å²) in [6.45, 7) is 12.0. The number of carboxylic acid groups (broad SMARTS) is 1. The summed E-state index contributed by atoms with van der Waals surface area (Å²) in [5, 5.41) is 22.2. The molecule has 0 heterocycles. The minimum absolute atomic E-state index is 0. The first kappa shape index (κ1) is 64.5. The molecule has 5 amide bonds. The van der Waals surface area contributed by atoms with E-state index in [-0.39, 0.29) is 72.8 Å². The number of aliphatic carboxylic acids is 1. The molecular weight excluding hydrogens is 1050 g/mol. The van der Waals surface area contributed by atoms with E-state index in [4.69, 9.17) is 19.9 Å². The molecule has 21 nitrogen and oxygen atoms in total. The van der Waals surface area contributed by atoms with Crippen molar-refractivity contribution in [2.75, 3.05) is 33.9 Å². The molecule has 7 N–H and O–H groups in total. The van der Waals surface area contributed by atoms with Gasteiger partial charge in [0.25, 0.3) is 10.0 Å². The number of amides is 5. The summed E-state index contributed by atoms with van der Waals surface area (Å²) >= 11 is 0. The molecule has 1 aliphatic rings. The van der Waals surface area contributed by atoms with Gasteiger partial charge in [-0.05, 0) is 111 Å². The van der Waals surface area contributed by atoms with Crippen LogP contribution in [0.1, 0.15) is 93.2 Å². The van der Waals surface area contributed by atoms with Crippen LogP contribution >= 0.6 is 0 Å². The Bertz CT molecular complexity index is 2960. The van der Waals surface area contributed by atoms with Crippen LogP contribution in [0.5, 0.6) is 5.75 Å². The van der Waals surface area contributed by atoms with Gasteiger partial charge in [0.2, 0.25) is 29.6 Å². The number of carbonyl (C=O) groups is 7. The van der Waals surface area contributed by atoms with Crippen LogP contribution in [0.4, 0.5) is 4.79 Å². The summed E-state index contributed by atoms with van der Waals surface area (Å²) in [5.41, 5.74) is 11.0. The van der Waals surface area contributed by atoms with Crippen molar-refractivity contribution in [3.63, 3.8) is 0 Å². The van der Waals surface area contributed by atoms with E-state index < -0.39 is 106 Å². The second-order valence-electron chi connectivity index (χ2n) is 20.3. The number of aliphatic imine (C=N–C) groups is 1. The Labute approximate surface area is 483 Å². The Kier molecular flexibility index (Phi) is 23.5. The van der Waals surface area contributed by atoms with Crippen molar-refractivity contribution >= 4 is 57.6 Å². The van der Waals surface area contributed by atoms with Crippen molar-refractivity contribution in [2.45, 2.75) is 122 Å². The second kappa shape index (κ2) is 28.7. The Morgan fingerprint density at radius 1 is 0.810 bits per heavy atom. The van der Waals surface area contributed by atoms with Crippen molar-refractivity contribution < 1.29 is 90.9 Å². The number of nitrogens with two attached hydrogens (primary N) is 1. The number of likely N-dealkylation sites (N-methyl/N-ethyl adjacent to an activating group) is 1. The number of carbonyl (C=O) groups excluding carboxylic acids is 7. The fourth-order valence-corrected chi connectivity index (χ4v) is 10.8. The fourth-order valence-electron chi connectivity index (χ4n) is 9.29. The van der Waals surface area contributed by atoms with E-state index in [1.165, 1.54) is 14.2 Å². The number of aryl methyl sites for hydroxylation is 1. The fraction of sp³-hybridized carbons (Fsp3) is 0.429. The number of carboxylic acids is 1. The molecule has 0 unspecified atom stereocenters. The van der Waals surface area contributed by atoms with E-state index in [0.29, 0.717) is 28.0 Å². The number of hydrogen-bond acceptors (Lipinski definition) is 14. The molecule has 79 heavy (non-hydrogen) atoms. The maximum absolute atomic E-state index is 14.2. The molecule has 4 aromatic carbocycles. The summed E-state index contributed by atoms with van der Waals surface area (Å²) in [6, 6.07) is 19.8. The van der Waals surface area contributed by atoms with Gasteiger partial charge in [-0.3, -0.25) is 29.0 Å². The first-order chi connectivity index (χ1) is 36.7.